The number of benzene rings is 1. The summed E-state index contributed by atoms with van der Waals surface area (Å²) in [6, 6.07) is 13.0. The molecule has 0 bridgehead atoms. The summed E-state index contributed by atoms with van der Waals surface area (Å²) in [4.78, 5) is 29.6. The fourth-order valence-corrected chi connectivity index (χ4v) is 4.75. The molecule has 1 atom stereocenters. The molecular formula is C31H28N8O6S. The van der Waals surface area contributed by atoms with Crippen molar-refractivity contribution >= 4 is 15.8 Å². The second-order valence-electron chi connectivity index (χ2n) is 9.54. The zero-order valence-corrected chi connectivity index (χ0v) is 26.0. The Morgan fingerprint density at radius 2 is 1.50 bits per heavy atom. The van der Waals surface area contributed by atoms with E-state index in [-0.39, 0.29) is 51.8 Å². The van der Waals surface area contributed by atoms with Crippen LogP contribution in [0.25, 0.3) is 11.6 Å². The number of aromatic nitrogens is 7. The van der Waals surface area contributed by atoms with E-state index in [1.807, 2.05) is 13.8 Å². The maximum Gasteiger partial charge on any atom is 0.320 e. The van der Waals surface area contributed by atoms with E-state index in [1.165, 1.54) is 44.2 Å². The number of anilines is 1. The van der Waals surface area contributed by atoms with Gasteiger partial charge in [-0.15, -0.1) is 0 Å². The average Bonchev–Trinajstić information content (AvgIpc) is 3.07. The summed E-state index contributed by atoms with van der Waals surface area (Å²) in [5.74, 6) is 5.33. The molecule has 0 aliphatic carbocycles. The first-order valence-corrected chi connectivity index (χ1v) is 15.3. The minimum Gasteiger partial charge on any atom is -0.493 e. The molecule has 0 aliphatic heterocycles. The van der Waals surface area contributed by atoms with E-state index in [4.69, 9.17) is 18.9 Å². The van der Waals surface area contributed by atoms with Crippen LogP contribution in [0.1, 0.15) is 32.3 Å². The molecule has 234 valence electrons. The molecule has 0 spiro atoms. The fraction of sp³-hybridized carbons (Fsp3) is 0.194. The van der Waals surface area contributed by atoms with Gasteiger partial charge >= 0.3 is 12.3 Å². The first-order chi connectivity index (χ1) is 22.3. The van der Waals surface area contributed by atoms with Crippen LogP contribution in [0.2, 0.25) is 0 Å². The van der Waals surface area contributed by atoms with Crippen LogP contribution in [0, 0.1) is 11.8 Å². The van der Waals surface area contributed by atoms with Gasteiger partial charge in [-0.05, 0) is 54.7 Å². The molecule has 1 unspecified atom stereocenters. The van der Waals surface area contributed by atoms with Crippen LogP contribution >= 0.6 is 0 Å². The zero-order valence-electron chi connectivity index (χ0n) is 25.1. The summed E-state index contributed by atoms with van der Waals surface area (Å²) in [6.07, 6.45) is 6.12. The van der Waals surface area contributed by atoms with Crippen molar-refractivity contribution in [2.45, 2.75) is 38.0 Å². The topological polar surface area (TPSA) is 173 Å². The molecule has 0 radical (unpaired) electrons. The van der Waals surface area contributed by atoms with Crippen LogP contribution in [0.15, 0.2) is 84.5 Å². The molecule has 46 heavy (non-hydrogen) atoms. The second-order valence-corrected chi connectivity index (χ2v) is 11.2. The molecule has 0 saturated heterocycles. The largest absolute Gasteiger partial charge is 0.493 e. The molecule has 4 aromatic heterocycles. The predicted octanol–water partition coefficient (Wildman–Crippen LogP) is 4.65. The normalized spacial score (nSPS) is 11.6. The van der Waals surface area contributed by atoms with Gasteiger partial charge in [-0.25, -0.2) is 29.9 Å². The maximum absolute atomic E-state index is 13.7. The van der Waals surface area contributed by atoms with Crippen molar-refractivity contribution in [3.05, 3.63) is 85.1 Å². The van der Waals surface area contributed by atoms with Crippen LogP contribution in [-0.2, 0) is 10.0 Å². The first-order valence-electron chi connectivity index (χ1n) is 13.8. The van der Waals surface area contributed by atoms with E-state index >= 15 is 0 Å². The van der Waals surface area contributed by atoms with Crippen LogP contribution in [0.4, 0.5) is 5.82 Å². The van der Waals surface area contributed by atoms with Crippen molar-refractivity contribution in [1.29, 1.82) is 0 Å². The number of hydrogen-bond donors (Lipinski definition) is 1. The van der Waals surface area contributed by atoms with Gasteiger partial charge in [0.25, 0.3) is 15.9 Å². The number of nitrogens with zero attached hydrogens (tertiary/aromatic N) is 7. The minimum atomic E-state index is -4.33. The van der Waals surface area contributed by atoms with Gasteiger partial charge in [-0.2, -0.15) is 13.4 Å². The zero-order chi connectivity index (χ0) is 32.5. The third-order valence-electron chi connectivity index (χ3n) is 6.05. The van der Waals surface area contributed by atoms with Gasteiger partial charge in [0.2, 0.25) is 11.6 Å². The van der Waals surface area contributed by atoms with Gasteiger partial charge in [0.1, 0.15) is 0 Å². The van der Waals surface area contributed by atoms with Crippen molar-refractivity contribution in [2.24, 2.45) is 0 Å². The van der Waals surface area contributed by atoms with Gasteiger partial charge in [0, 0.05) is 31.0 Å². The van der Waals surface area contributed by atoms with Crippen LogP contribution in [0.5, 0.6) is 29.1 Å². The first kappa shape index (κ1) is 31.5. The van der Waals surface area contributed by atoms with Crippen LogP contribution < -0.4 is 23.7 Å². The van der Waals surface area contributed by atoms with E-state index in [0.717, 1.165) is 5.56 Å². The van der Waals surface area contributed by atoms with E-state index in [0.29, 0.717) is 5.75 Å². The van der Waals surface area contributed by atoms with Crippen molar-refractivity contribution in [1.82, 2.24) is 34.9 Å². The maximum atomic E-state index is 13.7. The number of hydrogen-bond acceptors (Lipinski definition) is 13. The summed E-state index contributed by atoms with van der Waals surface area (Å²) >= 11 is 0. The lowest BCUT2D eigenvalue weighted by Crippen LogP contribution is -2.24. The smallest absolute Gasteiger partial charge is 0.320 e. The highest BCUT2D eigenvalue weighted by Crippen LogP contribution is 2.41. The summed E-state index contributed by atoms with van der Waals surface area (Å²) in [7, 11) is -2.87. The van der Waals surface area contributed by atoms with Gasteiger partial charge in [-0.1, -0.05) is 38.0 Å². The molecule has 1 N–H and O–H groups in total. The minimum absolute atomic E-state index is 0.0278. The van der Waals surface area contributed by atoms with E-state index in [2.05, 4.69) is 51.5 Å². The van der Waals surface area contributed by atoms with E-state index in [9.17, 15) is 8.42 Å². The monoisotopic (exact) mass is 640 g/mol. The summed E-state index contributed by atoms with van der Waals surface area (Å²) in [5, 5.41) is -0.252. The number of pyridine rings is 1. The highest BCUT2D eigenvalue weighted by atomic mass is 32.2. The Balaban J connectivity index is 1.67. The Hall–Kier alpha value is -5.88. The molecular weight excluding hydrogens is 612 g/mol. The third-order valence-corrected chi connectivity index (χ3v) is 7.30. The number of para-hydroxylation sites is 2. The van der Waals surface area contributed by atoms with Gasteiger partial charge in [0.05, 0.1) is 7.11 Å². The number of ether oxygens (including phenoxy) is 4. The summed E-state index contributed by atoms with van der Waals surface area (Å²) in [5.41, 5.74) is 0.867. The van der Waals surface area contributed by atoms with Crippen molar-refractivity contribution in [3.8, 4) is 52.6 Å². The third kappa shape index (κ3) is 7.60. The quantitative estimate of drug-likeness (QED) is 0.148. The SMILES string of the molecule is CC#CC(Oc1ncccn1)Oc1nc(-c2ncccn2)nc(NS(=O)(=O)c2ccc(C(C)C)cn2)c1Oc1ccccc1OC. The molecule has 0 amide bonds. The lowest BCUT2D eigenvalue weighted by Gasteiger charge is -2.20. The predicted molar refractivity (Wildman–Crippen MR) is 166 cm³/mol. The Morgan fingerprint density at radius 1 is 0.804 bits per heavy atom. The average molecular weight is 641 g/mol. The highest BCUT2D eigenvalue weighted by Gasteiger charge is 2.28. The van der Waals surface area contributed by atoms with Crippen molar-refractivity contribution < 1.29 is 27.4 Å². The van der Waals surface area contributed by atoms with Gasteiger partial charge < -0.3 is 18.9 Å². The van der Waals surface area contributed by atoms with Crippen molar-refractivity contribution in [2.75, 3.05) is 11.8 Å². The fourth-order valence-electron chi connectivity index (χ4n) is 3.81. The van der Waals surface area contributed by atoms with E-state index < -0.39 is 16.3 Å². The molecule has 0 fully saturated rings. The molecule has 0 aliphatic rings. The standard InChI is InChI=1S/C31H28N8O6S/c1-5-10-25(45-31-34-17-9-18-35-31)44-30-26(43-23-12-7-6-11-22(23)42-4)27(37-29(38-30)28-32-15-8-16-33-28)39-46(40,41)24-14-13-21(19-36-24)20(2)3/h6-9,11-20,25H,1-4H3,(H,37,38,39). The number of nitrogens with one attached hydrogen (secondary N) is 1. The molecule has 5 aromatic rings. The van der Waals surface area contributed by atoms with E-state index in [1.54, 1.807) is 49.4 Å². The molecule has 5 rings (SSSR count). The lowest BCUT2D eigenvalue weighted by atomic mass is 10.1. The summed E-state index contributed by atoms with van der Waals surface area (Å²) < 4.78 is 53.4. The number of methoxy groups -OCH3 is 1. The van der Waals surface area contributed by atoms with Crippen molar-refractivity contribution in [3.63, 3.8) is 0 Å². The summed E-state index contributed by atoms with van der Waals surface area (Å²) in [6.45, 7) is 5.53. The Labute approximate surface area is 265 Å². The van der Waals surface area contributed by atoms with Crippen LogP contribution in [0.3, 0.4) is 0 Å². The molecule has 0 saturated carbocycles. The number of rotatable bonds is 12. The highest BCUT2D eigenvalue weighted by molar-refractivity contribution is 7.92. The molecule has 15 heteroatoms. The molecule has 1 aromatic carbocycles. The second kappa shape index (κ2) is 14.3. The Morgan fingerprint density at radius 3 is 2.13 bits per heavy atom. The molecule has 14 nitrogen and oxygen atoms in total. The van der Waals surface area contributed by atoms with Gasteiger partial charge in [0.15, 0.2) is 28.2 Å². The lowest BCUT2D eigenvalue weighted by molar-refractivity contribution is 0.0413. The number of sulfonamides is 1. The van der Waals surface area contributed by atoms with Crippen LogP contribution in [-0.4, -0.2) is 56.7 Å². The van der Waals surface area contributed by atoms with Gasteiger partial charge in [-0.3, -0.25) is 4.72 Å². The Bertz CT molecular complexity index is 1950. The molecule has 4 heterocycles. The Kier molecular flexibility index (Phi) is 9.78.